The van der Waals surface area contributed by atoms with Crippen molar-refractivity contribution in [3.63, 3.8) is 0 Å². The molecule has 0 saturated carbocycles. The third-order valence-electron chi connectivity index (χ3n) is 7.36. The average molecular weight is 487 g/mol. The van der Waals surface area contributed by atoms with Crippen molar-refractivity contribution >= 4 is 0 Å². The third-order valence-corrected chi connectivity index (χ3v) is 7.36. The quantitative estimate of drug-likeness (QED) is 0.351. The van der Waals surface area contributed by atoms with Crippen LogP contribution >= 0.6 is 0 Å². The Morgan fingerprint density at radius 2 is 1.49 bits per heavy atom. The smallest absolute Gasteiger partial charge is 0.122 e. The van der Waals surface area contributed by atoms with E-state index in [1.165, 1.54) is 11.1 Å². The van der Waals surface area contributed by atoms with Crippen LogP contribution in [0.2, 0.25) is 0 Å². The van der Waals surface area contributed by atoms with Crippen molar-refractivity contribution in [3.05, 3.63) is 64.2 Å². The number of benzene rings is 2. The summed E-state index contributed by atoms with van der Waals surface area (Å²) in [5, 5.41) is 28.9. The lowest BCUT2D eigenvalue weighted by molar-refractivity contribution is -0.0106. The van der Waals surface area contributed by atoms with Gasteiger partial charge in [-0.1, -0.05) is 65.0 Å². The molecule has 0 spiro atoms. The zero-order valence-corrected chi connectivity index (χ0v) is 22.7. The van der Waals surface area contributed by atoms with E-state index in [1.807, 2.05) is 26.8 Å². The zero-order valence-electron chi connectivity index (χ0n) is 22.7. The Labute approximate surface area is 212 Å². The highest BCUT2D eigenvalue weighted by Gasteiger charge is 2.31. The molecule has 0 fully saturated rings. The molecule has 5 heteroatoms. The maximum absolute atomic E-state index is 10.3. The fourth-order valence-corrected chi connectivity index (χ4v) is 4.50. The molecule has 5 nitrogen and oxygen atoms in total. The number of hydrogen-bond donors (Lipinski definition) is 3. The highest BCUT2D eigenvalue weighted by atomic mass is 16.5. The molecule has 2 aromatic rings. The lowest BCUT2D eigenvalue weighted by atomic mass is 9.70. The Morgan fingerprint density at radius 1 is 0.886 bits per heavy atom. The standard InChI is InChI=1S/C30H46O5/c1-8-30(9-2,24-11-10-23(21(3)16-24)19-34-26(18-32)14-15-31)25-12-13-27(22(4)17-25)35-20-28(33)29(5,6)7/h10-13,16-17,26,28,31-33H,8-9,14-15,18-20H2,1-7H3/t26-,28+/m1/s1. The summed E-state index contributed by atoms with van der Waals surface area (Å²) in [7, 11) is 0. The summed E-state index contributed by atoms with van der Waals surface area (Å²) in [6.45, 7) is 15.2. The molecule has 2 atom stereocenters. The van der Waals surface area contributed by atoms with Crippen molar-refractivity contribution in [1.82, 2.24) is 0 Å². The Morgan fingerprint density at radius 3 is 1.97 bits per heavy atom. The van der Waals surface area contributed by atoms with Gasteiger partial charge in [-0.05, 0) is 72.4 Å². The monoisotopic (exact) mass is 486 g/mol. The molecular formula is C30H46O5. The van der Waals surface area contributed by atoms with Gasteiger partial charge in [-0.2, -0.15) is 0 Å². The van der Waals surface area contributed by atoms with Crippen molar-refractivity contribution in [3.8, 4) is 5.75 Å². The SMILES string of the molecule is CCC(CC)(c1ccc(CO[C@@H](CO)CCO)c(C)c1)c1ccc(OC[C@H](O)C(C)(C)C)c(C)c1. The molecule has 0 amide bonds. The average Bonchev–Trinajstić information content (AvgIpc) is 2.82. The number of rotatable bonds is 13. The van der Waals surface area contributed by atoms with Crippen LogP contribution in [-0.4, -0.2) is 47.3 Å². The summed E-state index contributed by atoms with van der Waals surface area (Å²) >= 11 is 0. The predicted molar refractivity (Wildman–Crippen MR) is 142 cm³/mol. The summed E-state index contributed by atoms with van der Waals surface area (Å²) in [6, 6.07) is 13.0. The molecule has 0 bridgehead atoms. The highest BCUT2D eigenvalue weighted by molar-refractivity contribution is 5.47. The molecule has 2 rings (SSSR count). The minimum absolute atomic E-state index is 0.000909. The molecule has 0 aliphatic carbocycles. The topological polar surface area (TPSA) is 79.2 Å². The molecule has 0 saturated heterocycles. The van der Waals surface area contributed by atoms with Gasteiger partial charge in [0.25, 0.3) is 0 Å². The van der Waals surface area contributed by atoms with Gasteiger partial charge in [0.15, 0.2) is 0 Å². The summed E-state index contributed by atoms with van der Waals surface area (Å²) in [6.07, 6.45) is 1.47. The van der Waals surface area contributed by atoms with Crippen LogP contribution in [0.1, 0.15) is 81.7 Å². The highest BCUT2D eigenvalue weighted by Crippen LogP contribution is 2.41. The van der Waals surface area contributed by atoms with Crippen LogP contribution in [0.25, 0.3) is 0 Å². The van der Waals surface area contributed by atoms with Gasteiger partial charge in [0.05, 0.1) is 25.4 Å². The minimum Gasteiger partial charge on any atom is -0.491 e. The second-order valence-electron chi connectivity index (χ2n) is 10.7. The van der Waals surface area contributed by atoms with E-state index in [-0.39, 0.29) is 36.8 Å². The van der Waals surface area contributed by atoms with Crippen molar-refractivity contribution in [1.29, 1.82) is 0 Å². The van der Waals surface area contributed by atoms with E-state index in [0.717, 1.165) is 35.3 Å². The van der Waals surface area contributed by atoms with Crippen LogP contribution in [0.3, 0.4) is 0 Å². The first-order valence-corrected chi connectivity index (χ1v) is 12.9. The first-order chi connectivity index (χ1) is 16.5. The van der Waals surface area contributed by atoms with Crippen LogP contribution in [0.5, 0.6) is 5.75 Å². The van der Waals surface area contributed by atoms with Gasteiger partial charge in [0.1, 0.15) is 12.4 Å². The normalized spacial score (nSPS) is 14.1. The van der Waals surface area contributed by atoms with E-state index in [0.29, 0.717) is 13.0 Å². The van der Waals surface area contributed by atoms with Crippen LogP contribution in [0, 0.1) is 19.3 Å². The number of ether oxygens (including phenoxy) is 2. The van der Waals surface area contributed by atoms with Gasteiger partial charge in [-0.3, -0.25) is 0 Å². The summed E-state index contributed by atoms with van der Waals surface area (Å²) < 4.78 is 11.8. The number of aliphatic hydroxyl groups is 3. The fourth-order valence-electron chi connectivity index (χ4n) is 4.50. The maximum atomic E-state index is 10.3. The summed E-state index contributed by atoms with van der Waals surface area (Å²) in [5.41, 5.74) is 5.49. The lowest BCUT2D eigenvalue weighted by Gasteiger charge is -2.34. The molecule has 2 aromatic carbocycles. The van der Waals surface area contributed by atoms with E-state index in [1.54, 1.807) is 0 Å². The number of aliphatic hydroxyl groups excluding tert-OH is 3. The summed E-state index contributed by atoms with van der Waals surface area (Å²) in [5.74, 6) is 0.808. The van der Waals surface area contributed by atoms with Gasteiger partial charge < -0.3 is 24.8 Å². The van der Waals surface area contributed by atoms with Crippen molar-refractivity contribution in [2.75, 3.05) is 19.8 Å². The fraction of sp³-hybridized carbons (Fsp3) is 0.600. The lowest BCUT2D eigenvalue weighted by Crippen LogP contribution is -2.32. The largest absolute Gasteiger partial charge is 0.491 e. The predicted octanol–water partition coefficient (Wildman–Crippen LogP) is 5.46. The van der Waals surface area contributed by atoms with Gasteiger partial charge in [0, 0.05) is 12.0 Å². The molecule has 3 N–H and O–H groups in total. The Balaban J connectivity index is 2.28. The Bertz CT molecular complexity index is 927. The van der Waals surface area contributed by atoms with Gasteiger partial charge in [-0.25, -0.2) is 0 Å². The van der Waals surface area contributed by atoms with E-state index >= 15 is 0 Å². The Hall–Kier alpha value is -1.92. The molecule has 0 aliphatic rings. The maximum Gasteiger partial charge on any atom is 0.122 e. The molecule has 196 valence electrons. The Kier molecular flexibility index (Phi) is 10.8. The second-order valence-corrected chi connectivity index (χ2v) is 10.7. The van der Waals surface area contributed by atoms with Crippen molar-refractivity contribution in [2.24, 2.45) is 5.41 Å². The molecule has 35 heavy (non-hydrogen) atoms. The first kappa shape index (κ1) is 29.3. The van der Waals surface area contributed by atoms with Gasteiger partial charge in [-0.15, -0.1) is 0 Å². The molecule has 0 aromatic heterocycles. The first-order valence-electron chi connectivity index (χ1n) is 12.9. The number of hydrogen-bond acceptors (Lipinski definition) is 5. The minimum atomic E-state index is -0.534. The second kappa shape index (κ2) is 12.9. The number of aryl methyl sites for hydroxylation is 2. The molecule has 0 aliphatic heterocycles. The third kappa shape index (κ3) is 7.29. The van der Waals surface area contributed by atoms with Crippen LogP contribution in [-0.2, 0) is 16.8 Å². The van der Waals surface area contributed by atoms with E-state index in [2.05, 4.69) is 58.0 Å². The molecule has 0 heterocycles. The van der Waals surface area contributed by atoms with Gasteiger partial charge in [0.2, 0.25) is 0 Å². The van der Waals surface area contributed by atoms with Gasteiger partial charge >= 0.3 is 0 Å². The van der Waals surface area contributed by atoms with E-state index < -0.39 is 6.10 Å². The molecular weight excluding hydrogens is 440 g/mol. The summed E-state index contributed by atoms with van der Waals surface area (Å²) in [4.78, 5) is 0. The molecule has 0 unspecified atom stereocenters. The zero-order chi connectivity index (χ0) is 26.2. The van der Waals surface area contributed by atoms with Crippen LogP contribution < -0.4 is 4.74 Å². The van der Waals surface area contributed by atoms with Crippen LogP contribution in [0.15, 0.2) is 36.4 Å². The van der Waals surface area contributed by atoms with Crippen molar-refractivity contribution in [2.45, 2.75) is 92.0 Å². The van der Waals surface area contributed by atoms with Crippen LogP contribution in [0.4, 0.5) is 0 Å². The van der Waals surface area contributed by atoms with Crippen molar-refractivity contribution < 1.29 is 24.8 Å². The van der Waals surface area contributed by atoms with E-state index in [9.17, 15) is 10.2 Å². The van der Waals surface area contributed by atoms with E-state index in [4.69, 9.17) is 14.6 Å². The molecule has 0 radical (unpaired) electrons.